The predicted molar refractivity (Wildman–Crippen MR) is 137 cm³/mol. The molecule has 1 fully saturated rings. The van der Waals surface area contributed by atoms with Crippen molar-refractivity contribution in [2.45, 2.75) is 63.3 Å². The summed E-state index contributed by atoms with van der Waals surface area (Å²) in [5.41, 5.74) is 4.73. The molecule has 1 amide bonds. The number of hydrogen-bond acceptors (Lipinski definition) is 2. The molecule has 3 aromatic rings. The van der Waals surface area contributed by atoms with E-state index in [1.165, 1.54) is 43.2 Å². The molecule has 2 atom stereocenters. The lowest BCUT2D eigenvalue weighted by atomic mass is 9.80. The first-order valence-electron chi connectivity index (χ1n) is 12.9. The highest BCUT2D eigenvalue weighted by molar-refractivity contribution is 5.94. The van der Waals surface area contributed by atoms with Crippen LogP contribution in [0.2, 0.25) is 0 Å². The molecule has 2 aliphatic rings. The quantitative estimate of drug-likeness (QED) is 0.402. The molecule has 1 heterocycles. The lowest BCUT2D eigenvalue weighted by molar-refractivity contribution is 0.0918. The third-order valence-electron chi connectivity index (χ3n) is 7.58. The second-order valence-corrected chi connectivity index (χ2v) is 9.93. The van der Waals surface area contributed by atoms with Gasteiger partial charge in [0.2, 0.25) is 0 Å². The number of carbonyl (C=O) groups is 1. The fraction of sp³-hybridized carbons (Fsp3) is 0.387. The number of benzene rings is 3. The summed E-state index contributed by atoms with van der Waals surface area (Å²) in [7, 11) is 0. The zero-order chi connectivity index (χ0) is 23.2. The minimum Gasteiger partial charge on any atom is -0.493 e. The topological polar surface area (TPSA) is 38.3 Å². The van der Waals surface area contributed by atoms with Gasteiger partial charge in [0.25, 0.3) is 5.91 Å². The monoisotopic (exact) mass is 453 g/mol. The summed E-state index contributed by atoms with van der Waals surface area (Å²) in [5.74, 6) is 2.14. The van der Waals surface area contributed by atoms with E-state index in [2.05, 4.69) is 66.0 Å². The van der Waals surface area contributed by atoms with E-state index in [4.69, 9.17) is 4.74 Å². The Morgan fingerprint density at radius 2 is 1.68 bits per heavy atom. The Morgan fingerprint density at radius 3 is 2.41 bits per heavy atom. The summed E-state index contributed by atoms with van der Waals surface area (Å²) in [5, 5.41) is 3.33. The molecule has 0 bridgehead atoms. The van der Waals surface area contributed by atoms with Crippen LogP contribution in [0, 0.1) is 5.92 Å². The summed E-state index contributed by atoms with van der Waals surface area (Å²) in [4.78, 5) is 12.9. The highest BCUT2D eigenvalue weighted by Gasteiger charge is 2.25. The van der Waals surface area contributed by atoms with Gasteiger partial charge in [-0.05, 0) is 60.1 Å². The van der Waals surface area contributed by atoms with Gasteiger partial charge in [0.1, 0.15) is 5.75 Å². The molecular formula is C31H35NO2. The fourth-order valence-electron chi connectivity index (χ4n) is 5.79. The van der Waals surface area contributed by atoms with Crippen molar-refractivity contribution in [1.82, 2.24) is 5.32 Å². The Bertz CT molecular complexity index is 1040. The molecule has 3 aromatic carbocycles. The van der Waals surface area contributed by atoms with Crippen LogP contribution < -0.4 is 10.1 Å². The van der Waals surface area contributed by atoms with Gasteiger partial charge < -0.3 is 10.1 Å². The number of amides is 1. The van der Waals surface area contributed by atoms with Crippen LogP contribution in [0.15, 0.2) is 78.9 Å². The Morgan fingerprint density at radius 1 is 0.941 bits per heavy atom. The van der Waals surface area contributed by atoms with E-state index in [1.807, 2.05) is 18.2 Å². The molecule has 0 spiro atoms. The van der Waals surface area contributed by atoms with Crippen LogP contribution in [0.1, 0.15) is 77.9 Å². The van der Waals surface area contributed by atoms with Crippen molar-refractivity contribution in [1.29, 1.82) is 0 Å². The van der Waals surface area contributed by atoms with Crippen LogP contribution in [-0.4, -0.2) is 18.6 Å². The smallest absolute Gasteiger partial charge is 0.251 e. The SMILES string of the molecule is O=C(NC1CCCC(CCCC(c2ccccc2)c2ccccc2)C1)c1ccc2c(c1)CCO2. The molecule has 5 rings (SSSR count). The zero-order valence-electron chi connectivity index (χ0n) is 19.9. The van der Waals surface area contributed by atoms with E-state index in [9.17, 15) is 4.79 Å². The molecule has 2 unspecified atom stereocenters. The first-order chi connectivity index (χ1) is 16.8. The second-order valence-electron chi connectivity index (χ2n) is 9.93. The second kappa shape index (κ2) is 10.9. The van der Waals surface area contributed by atoms with E-state index in [0.717, 1.165) is 42.7 Å². The van der Waals surface area contributed by atoms with Crippen molar-refractivity contribution in [2.75, 3.05) is 6.61 Å². The minimum atomic E-state index is 0.0635. The molecule has 1 aliphatic carbocycles. The Labute approximate surface area is 203 Å². The van der Waals surface area contributed by atoms with Gasteiger partial charge in [-0.1, -0.05) is 86.3 Å². The molecule has 0 radical (unpaired) electrons. The van der Waals surface area contributed by atoms with Crippen molar-refractivity contribution in [3.05, 3.63) is 101 Å². The lowest BCUT2D eigenvalue weighted by Crippen LogP contribution is -2.38. The third-order valence-corrected chi connectivity index (χ3v) is 7.58. The standard InChI is InChI=1S/C31H35NO2/c33-31(27-17-18-30-26(22-27)19-20-34-30)32-28-15-7-9-23(21-28)10-8-16-29(24-11-3-1-4-12-24)25-13-5-2-6-14-25/h1-6,11-14,17-18,22-23,28-29H,7-10,15-16,19-21H2,(H,32,33). The molecule has 1 N–H and O–H groups in total. The number of nitrogens with one attached hydrogen (secondary N) is 1. The number of fused-ring (bicyclic) bond motifs is 1. The van der Waals surface area contributed by atoms with Gasteiger partial charge in [0, 0.05) is 23.9 Å². The van der Waals surface area contributed by atoms with Gasteiger partial charge in [0.15, 0.2) is 0 Å². The molecule has 3 heteroatoms. The largest absolute Gasteiger partial charge is 0.493 e. The number of hydrogen-bond donors (Lipinski definition) is 1. The van der Waals surface area contributed by atoms with Gasteiger partial charge in [-0.2, -0.15) is 0 Å². The molecular weight excluding hydrogens is 418 g/mol. The van der Waals surface area contributed by atoms with Gasteiger partial charge >= 0.3 is 0 Å². The normalized spacial score (nSPS) is 19.4. The van der Waals surface area contributed by atoms with Crippen molar-refractivity contribution in [3.63, 3.8) is 0 Å². The molecule has 34 heavy (non-hydrogen) atoms. The number of carbonyl (C=O) groups excluding carboxylic acids is 1. The molecule has 176 valence electrons. The van der Waals surface area contributed by atoms with Crippen molar-refractivity contribution in [2.24, 2.45) is 5.92 Å². The molecule has 3 nitrogen and oxygen atoms in total. The highest BCUT2D eigenvalue weighted by Crippen LogP contribution is 2.34. The van der Waals surface area contributed by atoms with E-state index in [1.54, 1.807) is 0 Å². The summed E-state index contributed by atoms with van der Waals surface area (Å²) in [6, 6.07) is 27.9. The zero-order valence-corrected chi connectivity index (χ0v) is 19.9. The first kappa shape index (κ1) is 22.7. The van der Waals surface area contributed by atoms with Gasteiger partial charge in [-0.25, -0.2) is 0 Å². The van der Waals surface area contributed by atoms with Crippen molar-refractivity contribution >= 4 is 5.91 Å². The van der Waals surface area contributed by atoms with E-state index in [-0.39, 0.29) is 11.9 Å². The third kappa shape index (κ3) is 5.52. The molecule has 0 aromatic heterocycles. The van der Waals surface area contributed by atoms with E-state index < -0.39 is 0 Å². The molecule has 1 aliphatic heterocycles. The summed E-state index contributed by atoms with van der Waals surface area (Å²) in [6.45, 7) is 0.722. The lowest BCUT2D eigenvalue weighted by Gasteiger charge is -2.30. The Hall–Kier alpha value is -3.07. The average molecular weight is 454 g/mol. The minimum absolute atomic E-state index is 0.0635. The van der Waals surface area contributed by atoms with E-state index >= 15 is 0 Å². The number of rotatable bonds is 8. The van der Waals surface area contributed by atoms with Gasteiger partial charge in [-0.15, -0.1) is 0 Å². The summed E-state index contributed by atoms with van der Waals surface area (Å²) >= 11 is 0. The predicted octanol–water partition coefficient (Wildman–Crippen LogP) is 6.91. The maximum atomic E-state index is 12.9. The van der Waals surface area contributed by atoms with Gasteiger partial charge in [-0.3, -0.25) is 4.79 Å². The summed E-state index contributed by atoms with van der Waals surface area (Å²) in [6.07, 6.45) is 9.18. The first-order valence-corrected chi connectivity index (χ1v) is 12.9. The maximum Gasteiger partial charge on any atom is 0.251 e. The van der Waals surface area contributed by atoms with Crippen molar-refractivity contribution in [3.8, 4) is 5.75 Å². The van der Waals surface area contributed by atoms with Crippen molar-refractivity contribution < 1.29 is 9.53 Å². The summed E-state index contributed by atoms with van der Waals surface area (Å²) < 4.78 is 5.58. The fourth-order valence-corrected chi connectivity index (χ4v) is 5.79. The van der Waals surface area contributed by atoms with Crippen LogP contribution in [0.5, 0.6) is 5.75 Å². The number of ether oxygens (including phenoxy) is 1. The van der Waals surface area contributed by atoms with Gasteiger partial charge in [0.05, 0.1) is 6.61 Å². The molecule has 0 saturated heterocycles. The average Bonchev–Trinajstić information content (AvgIpc) is 3.36. The van der Waals surface area contributed by atoms with Crippen LogP contribution >= 0.6 is 0 Å². The highest BCUT2D eigenvalue weighted by atomic mass is 16.5. The van der Waals surface area contributed by atoms with Crippen LogP contribution in [0.4, 0.5) is 0 Å². The van der Waals surface area contributed by atoms with Crippen LogP contribution in [-0.2, 0) is 6.42 Å². The maximum absolute atomic E-state index is 12.9. The van der Waals surface area contributed by atoms with Crippen LogP contribution in [0.3, 0.4) is 0 Å². The Balaban J connectivity index is 1.15. The molecule has 1 saturated carbocycles. The van der Waals surface area contributed by atoms with Crippen LogP contribution in [0.25, 0.3) is 0 Å². The Kier molecular flexibility index (Phi) is 7.28. The van der Waals surface area contributed by atoms with E-state index in [0.29, 0.717) is 11.8 Å².